The molecule has 1 nitrogen and oxygen atoms in total. The monoisotopic (exact) mass is 775 g/mol. The lowest BCUT2D eigenvalue weighted by atomic mass is 10.0. The van der Waals surface area contributed by atoms with E-state index in [1.807, 2.05) is 0 Å². The maximum Gasteiger partial charge on any atom is 0.104 e. The third-order valence-electron chi connectivity index (χ3n) is 12.3. The molecule has 0 bridgehead atoms. The van der Waals surface area contributed by atoms with Crippen LogP contribution in [0.4, 0.5) is 0 Å². The molecule has 1 heteroatoms. The largest absolute Gasteiger partial charge is 0.320 e. The zero-order chi connectivity index (χ0) is 40.1. The number of allylic oxidation sites excluding steroid dienone is 6. The van der Waals surface area contributed by atoms with Gasteiger partial charge in [-0.1, -0.05) is 203 Å². The molecule has 0 saturated heterocycles. The predicted molar refractivity (Wildman–Crippen MR) is 256 cm³/mol. The van der Waals surface area contributed by atoms with Gasteiger partial charge in [0.15, 0.2) is 0 Å². The summed E-state index contributed by atoms with van der Waals surface area (Å²) in [5, 5.41) is 0. The van der Waals surface area contributed by atoms with Gasteiger partial charge >= 0.3 is 0 Å². The molecular weight excluding hydrogens is 675 g/mol. The van der Waals surface area contributed by atoms with E-state index in [2.05, 4.69) is 87.6 Å². The maximum absolute atomic E-state index is 2.48. The first-order valence-corrected chi connectivity index (χ1v) is 25.6. The van der Waals surface area contributed by atoms with Crippen LogP contribution in [0.3, 0.4) is 0 Å². The second kappa shape index (κ2) is 43.0. The second-order valence-corrected chi connectivity index (χ2v) is 17.8. The van der Waals surface area contributed by atoms with Gasteiger partial charge in [-0.05, 0) is 116 Å². The average molecular weight is 775 g/mol. The number of benzene rings is 1. The fourth-order valence-corrected chi connectivity index (χ4v) is 8.57. The molecule has 0 spiro atoms. The third-order valence-corrected chi connectivity index (χ3v) is 12.3. The number of nitrogens with zero attached hydrogens (tertiary/aromatic N) is 1. The van der Waals surface area contributed by atoms with E-state index in [0.717, 1.165) is 0 Å². The molecule has 0 aliphatic heterocycles. The molecule has 324 valence electrons. The van der Waals surface area contributed by atoms with E-state index >= 15 is 0 Å². The second-order valence-electron chi connectivity index (χ2n) is 17.8. The van der Waals surface area contributed by atoms with Crippen molar-refractivity contribution in [2.45, 2.75) is 258 Å². The van der Waals surface area contributed by atoms with E-state index in [0.29, 0.717) is 0 Å². The SMILES string of the molecule is CCCCCCCC/C=C/CCCCCC[N+](CCCCCC/C=C/CCCCCCCC)(CCCCCC/C=C/CCCCCCCC)Cc1ccccc1. The van der Waals surface area contributed by atoms with Crippen molar-refractivity contribution in [1.82, 2.24) is 0 Å². The third kappa shape index (κ3) is 35.6. The van der Waals surface area contributed by atoms with Crippen LogP contribution in [-0.2, 0) is 6.54 Å². The van der Waals surface area contributed by atoms with Crippen LogP contribution in [0.15, 0.2) is 66.8 Å². The van der Waals surface area contributed by atoms with Gasteiger partial charge in [-0.2, -0.15) is 0 Å². The van der Waals surface area contributed by atoms with Crippen molar-refractivity contribution in [2.24, 2.45) is 0 Å². The Bertz CT molecular complexity index is 879. The van der Waals surface area contributed by atoms with Crippen molar-refractivity contribution in [2.75, 3.05) is 19.6 Å². The molecule has 0 aliphatic carbocycles. The zero-order valence-corrected chi connectivity index (χ0v) is 38.6. The molecule has 0 N–H and O–H groups in total. The van der Waals surface area contributed by atoms with Crippen LogP contribution in [0.5, 0.6) is 0 Å². The first-order chi connectivity index (χ1) is 27.8. The summed E-state index contributed by atoms with van der Waals surface area (Å²) in [5.74, 6) is 0. The molecule has 0 amide bonds. The highest BCUT2D eigenvalue weighted by atomic mass is 15.3. The van der Waals surface area contributed by atoms with Crippen molar-refractivity contribution < 1.29 is 4.48 Å². The molecule has 0 fully saturated rings. The fourth-order valence-electron chi connectivity index (χ4n) is 8.57. The molecule has 1 rings (SSSR count). The van der Waals surface area contributed by atoms with Gasteiger partial charge in [-0.15, -0.1) is 0 Å². The standard InChI is InChI=1S/C55H100N/c1-4-7-10-13-16-19-22-25-28-31-34-37-40-46-51-56(54-55-49-44-43-45-50-55,52-47-41-38-35-32-29-26-23-20-17-14-11-8-5-2)53-48-42-39-36-33-30-27-24-21-18-15-12-9-6-3/h25-30,43-45,49-50H,4-24,31-42,46-48,51-54H2,1-3H3/q+1/b28-25+,29-26+,30-27+. The normalized spacial score (nSPS) is 12.3. The average Bonchev–Trinajstić information content (AvgIpc) is 3.21. The molecule has 56 heavy (non-hydrogen) atoms. The Morgan fingerprint density at radius 3 is 0.839 bits per heavy atom. The number of hydrogen-bond acceptors (Lipinski definition) is 0. The van der Waals surface area contributed by atoms with Crippen molar-refractivity contribution in [3.8, 4) is 0 Å². The minimum Gasteiger partial charge on any atom is -0.320 e. The highest BCUT2D eigenvalue weighted by Crippen LogP contribution is 2.23. The Morgan fingerprint density at radius 2 is 0.554 bits per heavy atom. The van der Waals surface area contributed by atoms with Crippen LogP contribution in [0, 0.1) is 0 Å². The number of hydrogen-bond donors (Lipinski definition) is 0. The Hall–Kier alpha value is -1.60. The Balaban J connectivity index is 2.57. The van der Waals surface area contributed by atoms with Crippen LogP contribution < -0.4 is 0 Å². The summed E-state index contributed by atoms with van der Waals surface area (Å²) in [5.41, 5.74) is 1.55. The number of quaternary nitrogens is 1. The number of rotatable bonds is 44. The van der Waals surface area contributed by atoms with E-state index in [4.69, 9.17) is 0 Å². The first kappa shape index (κ1) is 52.4. The number of unbranched alkanes of at least 4 members (excludes halogenated alkanes) is 30. The van der Waals surface area contributed by atoms with Gasteiger partial charge in [0.05, 0.1) is 19.6 Å². The van der Waals surface area contributed by atoms with E-state index in [1.165, 1.54) is 262 Å². The molecule has 0 heterocycles. The molecule has 0 aliphatic rings. The van der Waals surface area contributed by atoms with Crippen LogP contribution in [-0.4, -0.2) is 24.1 Å². The highest BCUT2D eigenvalue weighted by molar-refractivity contribution is 5.13. The van der Waals surface area contributed by atoms with E-state index in [-0.39, 0.29) is 0 Å². The lowest BCUT2D eigenvalue weighted by molar-refractivity contribution is -0.941. The van der Waals surface area contributed by atoms with Gasteiger partial charge in [0.2, 0.25) is 0 Å². The van der Waals surface area contributed by atoms with Gasteiger partial charge in [0.1, 0.15) is 6.54 Å². The van der Waals surface area contributed by atoms with Gasteiger partial charge < -0.3 is 4.48 Å². The summed E-state index contributed by atoms with van der Waals surface area (Å²) in [7, 11) is 0. The zero-order valence-electron chi connectivity index (χ0n) is 38.6. The summed E-state index contributed by atoms with van der Waals surface area (Å²) in [6.07, 6.45) is 64.5. The molecule has 0 unspecified atom stereocenters. The minimum absolute atomic E-state index is 1.23. The first-order valence-electron chi connectivity index (χ1n) is 25.6. The predicted octanol–water partition coefficient (Wildman–Crippen LogP) is 18.8. The summed E-state index contributed by atoms with van der Waals surface area (Å²) >= 11 is 0. The molecular formula is C55H100N+. The van der Waals surface area contributed by atoms with Crippen molar-refractivity contribution >= 4 is 0 Å². The smallest absolute Gasteiger partial charge is 0.104 e. The molecule has 0 aromatic heterocycles. The molecule has 0 saturated carbocycles. The summed E-state index contributed by atoms with van der Waals surface area (Å²) < 4.78 is 1.32. The fraction of sp³-hybridized carbons (Fsp3) is 0.782. The van der Waals surface area contributed by atoms with Crippen LogP contribution in [0.2, 0.25) is 0 Å². The van der Waals surface area contributed by atoms with Gasteiger partial charge in [0.25, 0.3) is 0 Å². The molecule has 1 aromatic carbocycles. The lowest BCUT2D eigenvalue weighted by Gasteiger charge is -2.39. The quantitative estimate of drug-likeness (QED) is 0.0352. The van der Waals surface area contributed by atoms with Crippen LogP contribution in [0.1, 0.15) is 257 Å². The van der Waals surface area contributed by atoms with Gasteiger partial charge in [-0.3, -0.25) is 0 Å². The minimum atomic E-state index is 1.23. The van der Waals surface area contributed by atoms with E-state index in [1.54, 1.807) is 5.56 Å². The van der Waals surface area contributed by atoms with Crippen LogP contribution >= 0.6 is 0 Å². The maximum atomic E-state index is 2.48. The Kier molecular flexibility index (Phi) is 40.2. The Morgan fingerprint density at radius 1 is 0.304 bits per heavy atom. The van der Waals surface area contributed by atoms with Crippen molar-refractivity contribution in [3.05, 3.63) is 72.4 Å². The summed E-state index contributed by atoms with van der Waals surface area (Å²) in [6.45, 7) is 12.2. The van der Waals surface area contributed by atoms with E-state index < -0.39 is 0 Å². The molecule has 0 radical (unpaired) electrons. The molecule has 0 atom stereocenters. The van der Waals surface area contributed by atoms with Crippen molar-refractivity contribution in [1.29, 1.82) is 0 Å². The van der Waals surface area contributed by atoms with Gasteiger partial charge in [-0.25, -0.2) is 0 Å². The van der Waals surface area contributed by atoms with Crippen LogP contribution in [0.25, 0.3) is 0 Å². The van der Waals surface area contributed by atoms with E-state index in [9.17, 15) is 0 Å². The topological polar surface area (TPSA) is 0 Å². The summed E-state index contributed by atoms with van der Waals surface area (Å²) in [4.78, 5) is 0. The molecule has 1 aromatic rings. The Labute approximate surface area is 353 Å². The van der Waals surface area contributed by atoms with Gasteiger partial charge in [0, 0.05) is 5.56 Å². The summed E-state index contributed by atoms with van der Waals surface area (Å²) in [6, 6.07) is 11.5. The lowest BCUT2D eigenvalue weighted by Crippen LogP contribution is -2.49. The van der Waals surface area contributed by atoms with Crippen molar-refractivity contribution in [3.63, 3.8) is 0 Å². The highest BCUT2D eigenvalue weighted by Gasteiger charge is 2.26.